The highest BCUT2D eigenvalue weighted by molar-refractivity contribution is 7.92. The van der Waals surface area contributed by atoms with Crippen LogP contribution >= 0.6 is 0 Å². The number of nitrogens with one attached hydrogen (secondary N) is 2. The lowest BCUT2D eigenvalue weighted by molar-refractivity contribution is -0.119. The van der Waals surface area contributed by atoms with Gasteiger partial charge in [0, 0.05) is 36.6 Å². The smallest absolute Gasteiger partial charge is 0.335 e. The number of carbonyl (C=O) groups is 1. The van der Waals surface area contributed by atoms with E-state index in [-0.39, 0.29) is 28.3 Å². The first kappa shape index (κ1) is 33.6. The van der Waals surface area contributed by atoms with Crippen molar-refractivity contribution in [2.24, 2.45) is 11.3 Å². The molecule has 0 amide bonds. The predicted molar refractivity (Wildman–Crippen MR) is 189 cm³/mol. The van der Waals surface area contributed by atoms with E-state index < -0.39 is 16.0 Å². The number of hydrogen-bond acceptors (Lipinski definition) is 9. The quantitative estimate of drug-likeness (QED) is 0.123. The van der Waals surface area contributed by atoms with Gasteiger partial charge in [-0.1, -0.05) is 38.1 Å². The fraction of sp³-hybridized carbons (Fsp3) is 0.378. The molecule has 1 unspecified atom stereocenters. The van der Waals surface area contributed by atoms with Gasteiger partial charge in [-0.15, -0.1) is 0 Å². The lowest BCUT2D eigenvalue weighted by Crippen LogP contribution is -2.55. The highest BCUT2D eigenvalue weighted by Crippen LogP contribution is 2.66. The monoisotopic (exact) mass is 695 g/mol. The molecule has 50 heavy (non-hydrogen) atoms. The number of aromatic carboxylic acids is 1. The van der Waals surface area contributed by atoms with Gasteiger partial charge in [0.25, 0.3) is 10.0 Å². The Balaban J connectivity index is 1.15. The van der Waals surface area contributed by atoms with Crippen molar-refractivity contribution in [2.75, 3.05) is 11.3 Å². The van der Waals surface area contributed by atoms with Gasteiger partial charge in [0.2, 0.25) is 17.6 Å². The maximum Gasteiger partial charge on any atom is 0.335 e. The van der Waals surface area contributed by atoms with E-state index in [2.05, 4.69) is 38.8 Å². The van der Waals surface area contributed by atoms with Crippen molar-refractivity contribution in [3.63, 3.8) is 0 Å². The van der Waals surface area contributed by atoms with Gasteiger partial charge < -0.3 is 15.2 Å². The van der Waals surface area contributed by atoms with Crippen LogP contribution in [-0.2, 0) is 16.6 Å². The van der Waals surface area contributed by atoms with Crippen LogP contribution in [0.15, 0.2) is 71.9 Å². The second kappa shape index (κ2) is 13.1. The van der Waals surface area contributed by atoms with E-state index in [1.807, 2.05) is 54.9 Å². The summed E-state index contributed by atoms with van der Waals surface area (Å²) in [6, 6.07) is 14.7. The normalized spacial score (nSPS) is 18.8. The number of benzene rings is 2. The van der Waals surface area contributed by atoms with Crippen molar-refractivity contribution < 1.29 is 23.1 Å². The summed E-state index contributed by atoms with van der Waals surface area (Å²) in [6.07, 6.45) is 8.66. The van der Waals surface area contributed by atoms with Gasteiger partial charge in [-0.25, -0.2) is 32.9 Å². The van der Waals surface area contributed by atoms with E-state index in [0.717, 1.165) is 46.5 Å². The highest BCUT2D eigenvalue weighted by atomic mass is 32.2. The number of fused-ring (bicyclic) bond motifs is 1. The molecule has 3 heterocycles. The van der Waals surface area contributed by atoms with E-state index >= 15 is 0 Å². The van der Waals surface area contributed by atoms with Crippen molar-refractivity contribution in [3.05, 3.63) is 95.1 Å². The Bertz CT molecular complexity index is 2160. The molecule has 2 aromatic carbocycles. The number of nitrogens with zero attached hydrogens (tertiary/aromatic N) is 5. The summed E-state index contributed by atoms with van der Waals surface area (Å²) in [5.41, 5.74) is 5.33. The van der Waals surface area contributed by atoms with Crippen LogP contribution in [0.25, 0.3) is 17.0 Å². The number of anilines is 1. The van der Waals surface area contributed by atoms with Crippen LogP contribution in [0.4, 0.5) is 5.95 Å². The van der Waals surface area contributed by atoms with Crippen LogP contribution in [0, 0.1) is 25.2 Å². The van der Waals surface area contributed by atoms with E-state index in [0.29, 0.717) is 36.0 Å². The SMILES string of the molecule is Cc1cccc(C)c1-c1cc(OCC(CC23CC(C2)C3)NCc2ccn3cc(C(C)C)nc3n2)nc(NS(=O)(=O)c2cccc(C(=O)O)c2)n1. The van der Waals surface area contributed by atoms with Crippen LogP contribution in [-0.4, -0.2) is 56.5 Å². The molecule has 3 N–H and O–H groups in total. The summed E-state index contributed by atoms with van der Waals surface area (Å²) in [6.45, 7) is 8.99. The fourth-order valence-corrected chi connectivity index (χ4v) is 8.21. The second-order valence-electron chi connectivity index (χ2n) is 14.1. The minimum atomic E-state index is -4.23. The Morgan fingerprint density at radius 1 is 1.02 bits per heavy atom. The van der Waals surface area contributed by atoms with E-state index in [9.17, 15) is 18.3 Å². The van der Waals surface area contributed by atoms with Crippen LogP contribution in [0.1, 0.15) is 78.3 Å². The first-order valence-electron chi connectivity index (χ1n) is 16.9. The molecule has 0 saturated heterocycles. The number of carboxylic acid groups (broad SMARTS) is 1. The number of sulfonamides is 1. The molecule has 3 aliphatic carbocycles. The number of carboxylic acids is 1. The Morgan fingerprint density at radius 3 is 2.44 bits per heavy atom. The summed E-state index contributed by atoms with van der Waals surface area (Å²) in [7, 11) is -4.23. The lowest BCUT2D eigenvalue weighted by atomic mass is 9.43. The zero-order chi connectivity index (χ0) is 35.2. The van der Waals surface area contributed by atoms with Crippen LogP contribution in [0.2, 0.25) is 0 Å². The van der Waals surface area contributed by atoms with Gasteiger partial charge in [-0.05, 0) is 92.2 Å². The second-order valence-corrected chi connectivity index (χ2v) is 15.8. The standard InChI is InChI=1S/C37H41N7O5S/c1-22(2)31-20-44-12-11-27(39-36(44)41-31)19-38-28(18-37-15-25(16-37)17-37)21-49-32-14-30(33-23(3)7-5-8-24(33)4)40-35(42-32)43-50(47,48)29-10-6-9-26(13-29)34(45)46/h5-14,20,22,25,28,38H,15-19,21H2,1-4H3,(H,45,46)(H,40,42,43). The summed E-state index contributed by atoms with van der Waals surface area (Å²) >= 11 is 0. The molecule has 0 aliphatic heterocycles. The molecule has 12 nitrogen and oxygen atoms in total. The first-order chi connectivity index (χ1) is 23.9. The molecule has 3 fully saturated rings. The van der Waals surface area contributed by atoms with Gasteiger partial charge in [0.05, 0.1) is 27.5 Å². The third kappa shape index (κ3) is 6.92. The van der Waals surface area contributed by atoms with Gasteiger partial charge >= 0.3 is 5.97 Å². The molecule has 3 aromatic heterocycles. The fourth-order valence-electron chi connectivity index (χ4n) is 7.23. The molecule has 2 bridgehead atoms. The van der Waals surface area contributed by atoms with Gasteiger partial charge in [0.1, 0.15) is 6.61 Å². The van der Waals surface area contributed by atoms with Crippen LogP contribution < -0.4 is 14.8 Å². The molecule has 3 aliphatic rings. The third-order valence-electron chi connectivity index (χ3n) is 9.90. The molecule has 1 atom stereocenters. The number of aryl methyl sites for hydroxylation is 2. The van der Waals surface area contributed by atoms with E-state index in [4.69, 9.17) is 9.72 Å². The third-order valence-corrected chi connectivity index (χ3v) is 11.2. The van der Waals surface area contributed by atoms with Crippen LogP contribution in [0.3, 0.4) is 0 Å². The highest BCUT2D eigenvalue weighted by Gasteiger charge is 2.56. The summed E-state index contributed by atoms with van der Waals surface area (Å²) in [5.74, 6) is 0.629. The van der Waals surface area contributed by atoms with Crippen molar-refractivity contribution in [3.8, 4) is 17.1 Å². The Labute approximate surface area is 291 Å². The number of aromatic nitrogens is 5. The van der Waals surface area contributed by atoms with Crippen molar-refractivity contribution >= 4 is 27.7 Å². The maximum atomic E-state index is 13.4. The summed E-state index contributed by atoms with van der Waals surface area (Å²) in [4.78, 5) is 29.8. The largest absolute Gasteiger partial charge is 0.478 e. The van der Waals surface area contributed by atoms with Crippen molar-refractivity contribution in [2.45, 2.75) is 76.8 Å². The van der Waals surface area contributed by atoms with E-state index in [1.165, 1.54) is 37.5 Å². The van der Waals surface area contributed by atoms with Crippen LogP contribution in [0.5, 0.6) is 5.88 Å². The molecule has 0 radical (unpaired) electrons. The zero-order valence-electron chi connectivity index (χ0n) is 28.6. The summed E-state index contributed by atoms with van der Waals surface area (Å²) < 4.78 is 37.6. The van der Waals surface area contributed by atoms with Gasteiger partial charge in [0.15, 0.2) is 0 Å². The minimum Gasteiger partial charge on any atom is -0.478 e. The Kier molecular flexibility index (Phi) is 8.81. The number of rotatable bonds is 14. The molecule has 13 heteroatoms. The van der Waals surface area contributed by atoms with Gasteiger partial charge in [-0.2, -0.15) is 4.98 Å². The molecule has 8 rings (SSSR count). The average molecular weight is 696 g/mol. The Morgan fingerprint density at radius 2 is 1.76 bits per heavy atom. The molecular formula is C37H41N7O5S. The number of imidazole rings is 1. The Hall–Kier alpha value is -4.88. The molecule has 3 saturated carbocycles. The molecule has 5 aromatic rings. The molecular weight excluding hydrogens is 655 g/mol. The zero-order valence-corrected chi connectivity index (χ0v) is 29.4. The first-order valence-corrected chi connectivity index (χ1v) is 18.4. The average Bonchev–Trinajstić information content (AvgIpc) is 3.47. The minimum absolute atomic E-state index is 0.0160. The molecule has 260 valence electrons. The topological polar surface area (TPSA) is 161 Å². The number of hydrogen-bond donors (Lipinski definition) is 3. The lowest BCUT2D eigenvalue weighted by Gasteiger charge is -2.63. The van der Waals surface area contributed by atoms with E-state index in [1.54, 1.807) is 6.07 Å². The summed E-state index contributed by atoms with van der Waals surface area (Å²) in [5, 5.41) is 13.1. The maximum absolute atomic E-state index is 13.4. The van der Waals surface area contributed by atoms with Gasteiger partial charge in [-0.3, -0.25) is 4.40 Å². The predicted octanol–water partition coefficient (Wildman–Crippen LogP) is 6.15. The molecule has 0 spiro atoms. The van der Waals surface area contributed by atoms with Crippen molar-refractivity contribution in [1.82, 2.24) is 29.7 Å². The number of ether oxygens (including phenoxy) is 1. The van der Waals surface area contributed by atoms with Crippen molar-refractivity contribution in [1.29, 1.82) is 0 Å².